The number of amides is 1. The van der Waals surface area contributed by atoms with E-state index in [1.165, 1.54) is 23.8 Å². The van der Waals surface area contributed by atoms with Crippen LogP contribution in [-0.2, 0) is 9.53 Å². The lowest BCUT2D eigenvalue weighted by Crippen LogP contribution is -2.43. The minimum atomic E-state index is -0.678. The van der Waals surface area contributed by atoms with Crippen molar-refractivity contribution in [3.8, 4) is 0 Å². The Balaban J connectivity index is 2.03. The predicted octanol–water partition coefficient (Wildman–Crippen LogP) is 4.42. The standard InChI is InChI=1S/C18H15Cl2NO3S/c1-24-18(23)15-10-25-17(11-5-4-6-12(19)9-11)21(15)16(22)13-7-2-3-8-14(13)20/h2-9,15,17H,10H2,1H3/t15-,17+/m0/s1. The van der Waals surface area contributed by atoms with Crippen molar-refractivity contribution in [3.63, 3.8) is 0 Å². The van der Waals surface area contributed by atoms with Gasteiger partial charge in [-0.2, -0.15) is 0 Å². The maximum absolute atomic E-state index is 13.2. The summed E-state index contributed by atoms with van der Waals surface area (Å²) in [6, 6.07) is 13.4. The van der Waals surface area contributed by atoms with Crippen LogP contribution in [0.2, 0.25) is 10.0 Å². The summed E-state index contributed by atoms with van der Waals surface area (Å²) in [6.45, 7) is 0. The monoisotopic (exact) mass is 395 g/mol. The van der Waals surface area contributed by atoms with Gasteiger partial charge in [-0.1, -0.05) is 47.5 Å². The molecule has 2 aromatic rings. The molecular formula is C18H15Cl2NO3S. The van der Waals surface area contributed by atoms with Crippen LogP contribution in [-0.4, -0.2) is 35.7 Å². The van der Waals surface area contributed by atoms with Gasteiger partial charge in [0.1, 0.15) is 11.4 Å². The number of carbonyl (C=O) groups excluding carboxylic acids is 2. The number of thioether (sulfide) groups is 1. The number of ether oxygens (including phenoxy) is 1. The molecule has 2 aromatic carbocycles. The Bertz CT molecular complexity index is 814. The lowest BCUT2D eigenvalue weighted by Gasteiger charge is -2.28. The van der Waals surface area contributed by atoms with E-state index in [4.69, 9.17) is 27.9 Å². The zero-order valence-electron chi connectivity index (χ0n) is 13.3. The molecule has 1 saturated heterocycles. The number of benzene rings is 2. The fraction of sp³-hybridized carbons (Fsp3) is 0.222. The minimum Gasteiger partial charge on any atom is -0.467 e. The Kier molecular flexibility index (Phi) is 5.57. The van der Waals surface area contributed by atoms with E-state index in [0.29, 0.717) is 21.4 Å². The van der Waals surface area contributed by atoms with E-state index in [9.17, 15) is 9.59 Å². The van der Waals surface area contributed by atoms with Gasteiger partial charge in [-0.25, -0.2) is 4.79 Å². The molecule has 0 radical (unpaired) electrons. The number of carbonyl (C=O) groups is 2. The molecule has 3 rings (SSSR count). The van der Waals surface area contributed by atoms with Crippen molar-refractivity contribution in [1.82, 2.24) is 4.90 Å². The second-order valence-electron chi connectivity index (χ2n) is 5.47. The van der Waals surface area contributed by atoms with Gasteiger partial charge < -0.3 is 9.64 Å². The molecule has 7 heteroatoms. The molecule has 0 N–H and O–H groups in total. The molecule has 0 aliphatic carbocycles. The number of esters is 1. The average Bonchev–Trinajstić information content (AvgIpc) is 3.06. The summed E-state index contributed by atoms with van der Waals surface area (Å²) in [6.07, 6.45) is 0. The van der Waals surface area contributed by atoms with Crippen molar-refractivity contribution >= 4 is 46.8 Å². The molecule has 0 aromatic heterocycles. The summed E-state index contributed by atoms with van der Waals surface area (Å²) in [5.74, 6) is -0.312. The van der Waals surface area contributed by atoms with Gasteiger partial charge >= 0.3 is 5.97 Å². The number of hydrogen-bond acceptors (Lipinski definition) is 4. The van der Waals surface area contributed by atoms with Gasteiger partial charge in [0.2, 0.25) is 0 Å². The van der Waals surface area contributed by atoms with Crippen LogP contribution in [0.4, 0.5) is 0 Å². The number of hydrogen-bond donors (Lipinski definition) is 0. The van der Waals surface area contributed by atoms with E-state index in [0.717, 1.165) is 5.56 Å². The lowest BCUT2D eigenvalue weighted by molar-refractivity contribution is -0.145. The van der Waals surface area contributed by atoms with Crippen LogP contribution in [0.25, 0.3) is 0 Å². The molecule has 25 heavy (non-hydrogen) atoms. The van der Waals surface area contributed by atoms with Crippen LogP contribution in [0.15, 0.2) is 48.5 Å². The van der Waals surface area contributed by atoms with E-state index in [2.05, 4.69) is 0 Å². The molecule has 1 heterocycles. The van der Waals surface area contributed by atoms with Crippen LogP contribution in [0.5, 0.6) is 0 Å². The van der Waals surface area contributed by atoms with Crippen molar-refractivity contribution in [3.05, 3.63) is 69.7 Å². The zero-order valence-corrected chi connectivity index (χ0v) is 15.6. The topological polar surface area (TPSA) is 46.6 Å². The second kappa shape index (κ2) is 7.68. The van der Waals surface area contributed by atoms with Gasteiger partial charge in [0.25, 0.3) is 5.91 Å². The molecule has 0 saturated carbocycles. The van der Waals surface area contributed by atoms with E-state index >= 15 is 0 Å². The minimum absolute atomic E-state index is 0.309. The highest BCUT2D eigenvalue weighted by Gasteiger charge is 2.43. The molecule has 0 bridgehead atoms. The van der Waals surface area contributed by atoms with Crippen LogP contribution in [0.3, 0.4) is 0 Å². The molecule has 1 amide bonds. The van der Waals surface area contributed by atoms with Crippen molar-refractivity contribution in [2.24, 2.45) is 0 Å². The summed E-state index contributed by atoms with van der Waals surface area (Å²) in [5, 5.41) is 0.578. The summed E-state index contributed by atoms with van der Waals surface area (Å²) in [7, 11) is 1.32. The first-order chi connectivity index (χ1) is 12.0. The SMILES string of the molecule is COC(=O)[C@@H]1CS[C@H](c2cccc(Cl)c2)N1C(=O)c1ccccc1Cl. The summed E-state index contributed by atoms with van der Waals surface area (Å²) in [5.41, 5.74) is 1.21. The number of rotatable bonds is 3. The number of nitrogens with zero attached hydrogens (tertiary/aromatic N) is 1. The van der Waals surface area contributed by atoms with Gasteiger partial charge in [0, 0.05) is 10.8 Å². The van der Waals surface area contributed by atoms with Gasteiger partial charge in [-0.3, -0.25) is 4.79 Å². The molecule has 4 nitrogen and oxygen atoms in total. The van der Waals surface area contributed by atoms with Crippen LogP contribution in [0.1, 0.15) is 21.3 Å². The van der Waals surface area contributed by atoms with Crippen molar-refractivity contribution in [2.75, 3.05) is 12.9 Å². The highest BCUT2D eigenvalue weighted by atomic mass is 35.5. The van der Waals surface area contributed by atoms with Crippen LogP contribution < -0.4 is 0 Å². The van der Waals surface area contributed by atoms with E-state index < -0.39 is 12.0 Å². The maximum atomic E-state index is 13.2. The Hall–Kier alpha value is -1.69. The van der Waals surface area contributed by atoms with Crippen LogP contribution >= 0.6 is 35.0 Å². The average molecular weight is 396 g/mol. The Morgan fingerprint density at radius 1 is 1.16 bits per heavy atom. The number of halogens is 2. The molecule has 2 atom stereocenters. The third-order valence-electron chi connectivity index (χ3n) is 3.95. The number of methoxy groups -OCH3 is 1. The molecule has 0 spiro atoms. The summed E-state index contributed by atoms with van der Waals surface area (Å²) >= 11 is 13.8. The fourth-order valence-electron chi connectivity index (χ4n) is 2.76. The van der Waals surface area contributed by atoms with Gasteiger partial charge in [0.05, 0.1) is 17.7 Å². The first-order valence-electron chi connectivity index (χ1n) is 7.55. The highest BCUT2D eigenvalue weighted by molar-refractivity contribution is 7.99. The largest absolute Gasteiger partial charge is 0.467 e. The highest BCUT2D eigenvalue weighted by Crippen LogP contribution is 2.43. The van der Waals surface area contributed by atoms with Crippen LogP contribution in [0, 0.1) is 0 Å². The van der Waals surface area contributed by atoms with Gasteiger partial charge in [0.15, 0.2) is 0 Å². The first-order valence-corrected chi connectivity index (χ1v) is 9.35. The van der Waals surface area contributed by atoms with E-state index in [-0.39, 0.29) is 11.3 Å². The normalized spacial score (nSPS) is 19.7. The van der Waals surface area contributed by atoms with Gasteiger partial charge in [-0.15, -0.1) is 11.8 Å². The molecule has 130 valence electrons. The van der Waals surface area contributed by atoms with E-state index in [1.54, 1.807) is 36.4 Å². The molecule has 0 unspecified atom stereocenters. The van der Waals surface area contributed by atoms with E-state index in [1.807, 2.05) is 12.1 Å². The third kappa shape index (κ3) is 3.64. The van der Waals surface area contributed by atoms with Gasteiger partial charge in [-0.05, 0) is 29.8 Å². The lowest BCUT2D eigenvalue weighted by atomic mass is 10.1. The Morgan fingerprint density at radius 3 is 2.60 bits per heavy atom. The molecular weight excluding hydrogens is 381 g/mol. The molecule has 1 fully saturated rings. The second-order valence-corrected chi connectivity index (χ2v) is 7.43. The smallest absolute Gasteiger partial charge is 0.329 e. The molecule has 1 aliphatic heterocycles. The zero-order chi connectivity index (χ0) is 18.0. The Morgan fingerprint density at radius 2 is 1.92 bits per heavy atom. The summed E-state index contributed by atoms with van der Waals surface area (Å²) < 4.78 is 4.88. The third-order valence-corrected chi connectivity index (χ3v) is 5.83. The van der Waals surface area contributed by atoms with Crippen molar-refractivity contribution in [1.29, 1.82) is 0 Å². The fourth-order valence-corrected chi connectivity index (χ4v) is 4.58. The van der Waals surface area contributed by atoms with Crippen molar-refractivity contribution < 1.29 is 14.3 Å². The maximum Gasteiger partial charge on any atom is 0.329 e. The summed E-state index contributed by atoms with van der Waals surface area (Å²) in [4.78, 5) is 26.9. The molecule has 1 aliphatic rings. The first kappa shape index (κ1) is 18.1. The predicted molar refractivity (Wildman–Crippen MR) is 100 cm³/mol. The quantitative estimate of drug-likeness (QED) is 0.721. The Labute approximate surface area is 160 Å². The van der Waals surface area contributed by atoms with Crippen molar-refractivity contribution in [2.45, 2.75) is 11.4 Å².